The zero-order valence-corrected chi connectivity index (χ0v) is 11.2. The molecule has 0 spiro atoms. The summed E-state index contributed by atoms with van der Waals surface area (Å²) in [5.74, 6) is 0.972. The van der Waals surface area contributed by atoms with E-state index in [0.29, 0.717) is 12.2 Å². The van der Waals surface area contributed by atoms with Gasteiger partial charge < -0.3 is 14.0 Å². The highest BCUT2D eigenvalue weighted by Gasteiger charge is 2.19. The van der Waals surface area contributed by atoms with Crippen molar-refractivity contribution in [3.63, 3.8) is 0 Å². The van der Waals surface area contributed by atoms with Gasteiger partial charge in [0.2, 0.25) is 11.7 Å². The third kappa shape index (κ3) is 3.14. The average Bonchev–Trinajstić information content (AvgIpc) is 2.89. The summed E-state index contributed by atoms with van der Waals surface area (Å²) < 4.78 is 15.2. The molecule has 0 amide bonds. The Morgan fingerprint density at radius 3 is 2.71 bits per heavy atom. The largest absolute Gasteiger partial charge is 0.493 e. The molecular weight excluding hydrogens is 282 g/mol. The van der Waals surface area contributed by atoms with Gasteiger partial charge in [-0.3, -0.25) is 14.9 Å². The Labute approximate surface area is 118 Å². The van der Waals surface area contributed by atoms with Crippen molar-refractivity contribution >= 4 is 12.0 Å². The standard InChI is InChI=1S/C12H11N3O6/c1-7-13-12(14-21-7)6-20-11-4-9(15(17)18)8(5-16)3-10(11)19-2/h3-5H,6H2,1-2H3. The van der Waals surface area contributed by atoms with Gasteiger partial charge in [-0.1, -0.05) is 5.16 Å². The molecule has 0 bridgehead atoms. The first-order valence-electron chi connectivity index (χ1n) is 5.78. The number of carbonyl (C=O) groups excluding carboxylic acids is 1. The van der Waals surface area contributed by atoms with Crippen molar-refractivity contribution in [2.75, 3.05) is 7.11 Å². The van der Waals surface area contributed by atoms with E-state index in [0.717, 1.165) is 6.07 Å². The van der Waals surface area contributed by atoms with Crippen LogP contribution >= 0.6 is 0 Å². The lowest BCUT2D eigenvalue weighted by molar-refractivity contribution is -0.385. The molecule has 9 nitrogen and oxygen atoms in total. The van der Waals surface area contributed by atoms with Gasteiger partial charge in [-0.25, -0.2) is 0 Å². The smallest absolute Gasteiger partial charge is 0.283 e. The topological polar surface area (TPSA) is 118 Å². The van der Waals surface area contributed by atoms with Crippen LogP contribution in [0, 0.1) is 17.0 Å². The van der Waals surface area contributed by atoms with E-state index >= 15 is 0 Å². The summed E-state index contributed by atoms with van der Waals surface area (Å²) in [5.41, 5.74) is -0.468. The number of aldehydes is 1. The Kier molecular flexibility index (Phi) is 4.12. The van der Waals surface area contributed by atoms with Crippen molar-refractivity contribution in [1.82, 2.24) is 10.1 Å². The summed E-state index contributed by atoms with van der Waals surface area (Å²) in [7, 11) is 1.36. The van der Waals surface area contributed by atoms with Crippen LogP contribution in [0.5, 0.6) is 11.5 Å². The molecule has 0 aliphatic heterocycles. The van der Waals surface area contributed by atoms with Gasteiger partial charge in [-0.2, -0.15) is 4.98 Å². The van der Waals surface area contributed by atoms with Gasteiger partial charge in [-0.15, -0.1) is 0 Å². The van der Waals surface area contributed by atoms with Gasteiger partial charge in [0, 0.05) is 13.0 Å². The first-order valence-corrected chi connectivity index (χ1v) is 5.78. The summed E-state index contributed by atoms with van der Waals surface area (Å²) in [6, 6.07) is 2.36. The second-order valence-electron chi connectivity index (χ2n) is 3.96. The number of nitrogens with zero attached hydrogens (tertiary/aromatic N) is 3. The summed E-state index contributed by atoms with van der Waals surface area (Å²) in [6.45, 7) is 1.58. The predicted molar refractivity (Wildman–Crippen MR) is 68.4 cm³/mol. The van der Waals surface area contributed by atoms with E-state index in [2.05, 4.69) is 10.1 Å². The van der Waals surface area contributed by atoms with Crippen LogP contribution in [0.15, 0.2) is 16.7 Å². The van der Waals surface area contributed by atoms with Crippen LogP contribution in [0.4, 0.5) is 5.69 Å². The van der Waals surface area contributed by atoms with Gasteiger partial charge in [0.1, 0.15) is 0 Å². The first kappa shape index (κ1) is 14.4. The lowest BCUT2D eigenvalue weighted by Gasteiger charge is -2.09. The number of ether oxygens (including phenoxy) is 2. The van der Waals surface area contributed by atoms with Crippen LogP contribution in [0.2, 0.25) is 0 Å². The minimum Gasteiger partial charge on any atom is -0.493 e. The highest BCUT2D eigenvalue weighted by Crippen LogP contribution is 2.34. The van der Waals surface area contributed by atoms with Crippen LogP contribution in [0.25, 0.3) is 0 Å². The second-order valence-corrected chi connectivity index (χ2v) is 3.96. The van der Waals surface area contributed by atoms with Crippen LogP contribution in [-0.4, -0.2) is 28.5 Å². The SMILES string of the molecule is COc1cc(C=O)c([N+](=O)[O-])cc1OCc1noc(C)n1. The number of aromatic nitrogens is 2. The Hall–Kier alpha value is -2.97. The second kappa shape index (κ2) is 5.99. The minimum absolute atomic E-state index is 0.0503. The molecule has 0 aliphatic carbocycles. The number of benzene rings is 1. The third-order valence-corrected chi connectivity index (χ3v) is 2.56. The summed E-state index contributed by atoms with van der Waals surface area (Å²) >= 11 is 0. The molecule has 0 unspecified atom stereocenters. The zero-order chi connectivity index (χ0) is 15.4. The number of nitro groups is 1. The van der Waals surface area contributed by atoms with Crippen LogP contribution in [-0.2, 0) is 6.61 Å². The molecule has 0 N–H and O–H groups in total. The molecule has 2 rings (SSSR count). The number of methoxy groups -OCH3 is 1. The monoisotopic (exact) mass is 293 g/mol. The van der Waals surface area contributed by atoms with Gasteiger partial charge in [0.15, 0.2) is 24.4 Å². The normalized spacial score (nSPS) is 10.2. The molecule has 0 aliphatic rings. The van der Waals surface area contributed by atoms with E-state index in [-0.39, 0.29) is 35.2 Å². The van der Waals surface area contributed by atoms with Crippen LogP contribution < -0.4 is 9.47 Å². The Balaban J connectivity index is 2.30. The number of carbonyl (C=O) groups is 1. The van der Waals surface area contributed by atoms with E-state index in [9.17, 15) is 14.9 Å². The summed E-state index contributed by atoms with van der Waals surface area (Å²) in [5, 5.41) is 14.6. The maximum Gasteiger partial charge on any atom is 0.283 e. The minimum atomic E-state index is -0.672. The molecule has 1 heterocycles. The molecule has 110 valence electrons. The molecule has 0 fully saturated rings. The molecule has 0 radical (unpaired) electrons. The molecule has 1 aromatic carbocycles. The highest BCUT2D eigenvalue weighted by atomic mass is 16.6. The molecular formula is C12H11N3O6. The van der Waals surface area contributed by atoms with Gasteiger partial charge in [0.05, 0.1) is 23.7 Å². The molecule has 9 heteroatoms. The van der Waals surface area contributed by atoms with Crippen LogP contribution in [0.1, 0.15) is 22.1 Å². The number of hydrogen-bond acceptors (Lipinski definition) is 8. The van der Waals surface area contributed by atoms with Gasteiger partial charge in [-0.05, 0) is 0 Å². The molecule has 21 heavy (non-hydrogen) atoms. The molecule has 0 saturated carbocycles. The Bertz CT molecular complexity index is 682. The lowest BCUT2D eigenvalue weighted by atomic mass is 10.1. The van der Waals surface area contributed by atoms with Gasteiger partial charge in [0.25, 0.3) is 5.69 Å². The fourth-order valence-corrected chi connectivity index (χ4v) is 1.63. The van der Waals surface area contributed by atoms with E-state index in [4.69, 9.17) is 14.0 Å². The molecule has 2 aromatic rings. The van der Waals surface area contributed by atoms with E-state index < -0.39 is 4.92 Å². The zero-order valence-electron chi connectivity index (χ0n) is 11.2. The predicted octanol–water partition coefficient (Wildman–Crippen LogP) is 1.69. The Morgan fingerprint density at radius 1 is 1.43 bits per heavy atom. The van der Waals surface area contributed by atoms with Crippen molar-refractivity contribution in [3.8, 4) is 11.5 Å². The quantitative estimate of drug-likeness (QED) is 0.448. The number of rotatable bonds is 6. The number of hydrogen-bond donors (Lipinski definition) is 0. The van der Waals surface area contributed by atoms with Gasteiger partial charge >= 0.3 is 0 Å². The maximum absolute atomic E-state index is 10.9. The van der Waals surface area contributed by atoms with Crippen molar-refractivity contribution in [2.45, 2.75) is 13.5 Å². The van der Waals surface area contributed by atoms with Crippen molar-refractivity contribution in [1.29, 1.82) is 0 Å². The van der Waals surface area contributed by atoms with E-state index in [1.54, 1.807) is 6.92 Å². The molecule has 1 aromatic heterocycles. The van der Waals surface area contributed by atoms with E-state index in [1.807, 2.05) is 0 Å². The average molecular weight is 293 g/mol. The first-order chi connectivity index (χ1) is 10.0. The number of nitro benzene ring substituents is 1. The van der Waals surface area contributed by atoms with E-state index in [1.165, 1.54) is 13.2 Å². The van der Waals surface area contributed by atoms with Crippen molar-refractivity contribution in [3.05, 3.63) is 39.5 Å². The molecule has 0 atom stereocenters. The maximum atomic E-state index is 10.9. The number of aryl methyl sites for hydroxylation is 1. The summed E-state index contributed by atoms with van der Waals surface area (Å²) in [4.78, 5) is 25.0. The summed E-state index contributed by atoms with van der Waals surface area (Å²) in [6.07, 6.45) is 0.382. The fraction of sp³-hybridized carbons (Fsp3) is 0.250. The third-order valence-electron chi connectivity index (χ3n) is 2.56. The fourth-order valence-electron chi connectivity index (χ4n) is 1.63. The van der Waals surface area contributed by atoms with Crippen molar-refractivity contribution < 1.29 is 23.7 Å². The Morgan fingerprint density at radius 2 is 2.19 bits per heavy atom. The lowest BCUT2D eigenvalue weighted by Crippen LogP contribution is -2.02. The van der Waals surface area contributed by atoms with Crippen molar-refractivity contribution in [2.24, 2.45) is 0 Å². The highest BCUT2D eigenvalue weighted by molar-refractivity contribution is 5.83. The molecule has 0 saturated heterocycles. The van der Waals surface area contributed by atoms with Crippen LogP contribution in [0.3, 0.4) is 0 Å².